The monoisotopic (exact) mass is 225 g/mol. The highest BCUT2D eigenvalue weighted by Gasteiger charge is 2.14. The topological polar surface area (TPSA) is 82.8 Å². The molecule has 0 unspecified atom stereocenters. The molecule has 0 saturated heterocycles. The lowest BCUT2D eigenvalue weighted by atomic mass is 10.1. The Hall–Kier alpha value is -2.18. The summed E-state index contributed by atoms with van der Waals surface area (Å²) in [6, 6.07) is 1.83. The van der Waals surface area contributed by atoms with Crippen molar-refractivity contribution in [2.24, 2.45) is 7.05 Å². The van der Waals surface area contributed by atoms with E-state index < -0.39 is 11.6 Å². The van der Waals surface area contributed by atoms with Crippen LogP contribution in [0, 0.1) is 11.6 Å². The molecule has 0 aliphatic carbocycles. The van der Waals surface area contributed by atoms with E-state index in [0.717, 1.165) is 6.07 Å². The van der Waals surface area contributed by atoms with Gasteiger partial charge in [-0.25, -0.2) is 13.5 Å². The number of hydrogen-bond acceptors (Lipinski definition) is 4. The summed E-state index contributed by atoms with van der Waals surface area (Å²) in [4.78, 5) is 3.82. The maximum atomic E-state index is 13.4. The number of nitrogen functional groups attached to an aromatic ring is 2. The molecule has 5 nitrogen and oxygen atoms in total. The van der Waals surface area contributed by atoms with Crippen LogP contribution in [0.15, 0.2) is 12.1 Å². The van der Waals surface area contributed by atoms with Crippen molar-refractivity contribution >= 4 is 11.6 Å². The number of benzene rings is 1. The highest BCUT2D eigenvalue weighted by molar-refractivity contribution is 5.62. The standard InChI is InChI=1S/C9H9F2N5/c1-16-9(13)14-8(15-16)4-2-7(12)6(11)3-5(4)10/h2-3H,12H2,1H3,(H2,13,14,15). The molecule has 0 aliphatic heterocycles. The third-order valence-corrected chi connectivity index (χ3v) is 2.12. The molecule has 0 radical (unpaired) electrons. The summed E-state index contributed by atoms with van der Waals surface area (Å²) in [5.41, 5.74) is 10.6. The Morgan fingerprint density at radius 2 is 1.88 bits per heavy atom. The summed E-state index contributed by atoms with van der Waals surface area (Å²) in [6.07, 6.45) is 0. The van der Waals surface area contributed by atoms with E-state index in [9.17, 15) is 8.78 Å². The third kappa shape index (κ3) is 1.56. The molecule has 1 aromatic heterocycles. The Morgan fingerprint density at radius 3 is 2.44 bits per heavy atom. The van der Waals surface area contributed by atoms with Crippen molar-refractivity contribution < 1.29 is 8.78 Å². The molecular weight excluding hydrogens is 216 g/mol. The summed E-state index contributed by atoms with van der Waals surface area (Å²) in [5, 5.41) is 3.87. The third-order valence-electron chi connectivity index (χ3n) is 2.12. The van der Waals surface area contributed by atoms with Gasteiger partial charge in [-0.1, -0.05) is 0 Å². The van der Waals surface area contributed by atoms with Crippen LogP contribution in [-0.2, 0) is 7.05 Å². The Balaban J connectivity index is 2.60. The van der Waals surface area contributed by atoms with E-state index >= 15 is 0 Å². The molecule has 0 atom stereocenters. The maximum Gasteiger partial charge on any atom is 0.218 e. The zero-order valence-corrected chi connectivity index (χ0v) is 8.41. The molecule has 4 N–H and O–H groups in total. The first kappa shape index (κ1) is 10.3. The second-order valence-corrected chi connectivity index (χ2v) is 3.27. The minimum atomic E-state index is -0.815. The van der Waals surface area contributed by atoms with E-state index in [1.807, 2.05) is 0 Å². The molecule has 0 spiro atoms. The molecule has 16 heavy (non-hydrogen) atoms. The van der Waals surface area contributed by atoms with E-state index in [2.05, 4.69) is 10.1 Å². The maximum absolute atomic E-state index is 13.4. The van der Waals surface area contributed by atoms with Gasteiger partial charge in [-0.2, -0.15) is 4.98 Å². The van der Waals surface area contributed by atoms with Crippen LogP contribution in [0.5, 0.6) is 0 Å². The van der Waals surface area contributed by atoms with Crippen molar-refractivity contribution in [1.29, 1.82) is 0 Å². The number of aromatic nitrogens is 3. The van der Waals surface area contributed by atoms with Gasteiger partial charge in [0.15, 0.2) is 5.82 Å². The molecule has 84 valence electrons. The minimum Gasteiger partial charge on any atom is -0.396 e. The average molecular weight is 225 g/mol. The van der Waals surface area contributed by atoms with Crippen LogP contribution in [0.4, 0.5) is 20.4 Å². The fraction of sp³-hybridized carbons (Fsp3) is 0.111. The van der Waals surface area contributed by atoms with Gasteiger partial charge >= 0.3 is 0 Å². The summed E-state index contributed by atoms with van der Waals surface area (Å²) in [6.45, 7) is 0. The van der Waals surface area contributed by atoms with Crippen LogP contribution in [0.1, 0.15) is 0 Å². The second-order valence-electron chi connectivity index (χ2n) is 3.27. The van der Waals surface area contributed by atoms with Gasteiger partial charge in [0, 0.05) is 13.1 Å². The van der Waals surface area contributed by atoms with Gasteiger partial charge in [0.25, 0.3) is 0 Å². The van der Waals surface area contributed by atoms with Crippen LogP contribution >= 0.6 is 0 Å². The molecule has 2 aromatic rings. The van der Waals surface area contributed by atoms with Crippen LogP contribution in [-0.4, -0.2) is 14.8 Å². The number of nitrogens with two attached hydrogens (primary N) is 2. The van der Waals surface area contributed by atoms with Gasteiger partial charge in [0.2, 0.25) is 5.95 Å². The van der Waals surface area contributed by atoms with Crippen molar-refractivity contribution in [2.45, 2.75) is 0 Å². The zero-order valence-electron chi connectivity index (χ0n) is 8.41. The van der Waals surface area contributed by atoms with Gasteiger partial charge in [-0.3, -0.25) is 0 Å². The smallest absolute Gasteiger partial charge is 0.218 e. The Kier molecular flexibility index (Phi) is 2.22. The fourth-order valence-electron chi connectivity index (χ4n) is 1.25. The largest absolute Gasteiger partial charge is 0.396 e. The van der Waals surface area contributed by atoms with Gasteiger partial charge in [-0.05, 0) is 6.07 Å². The highest BCUT2D eigenvalue weighted by Crippen LogP contribution is 2.24. The molecular formula is C9H9F2N5. The lowest BCUT2D eigenvalue weighted by Crippen LogP contribution is -1.97. The minimum absolute atomic E-state index is 0.0196. The molecule has 0 fully saturated rings. The quantitative estimate of drug-likeness (QED) is 0.707. The highest BCUT2D eigenvalue weighted by atomic mass is 19.1. The normalized spacial score (nSPS) is 10.7. The van der Waals surface area contributed by atoms with Crippen LogP contribution in [0.25, 0.3) is 11.4 Å². The number of anilines is 2. The Morgan fingerprint density at radius 1 is 1.19 bits per heavy atom. The first-order valence-corrected chi connectivity index (χ1v) is 4.40. The van der Waals surface area contributed by atoms with E-state index in [-0.39, 0.29) is 23.0 Å². The van der Waals surface area contributed by atoms with Gasteiger partial charge in [0.1, 0.15) is 11.6 Å². The lowest BCUT2D eigenvalue weighted by molar-refractivity contribution is 0.587. The number of nitrogens with zero attached hydrogens (tertiary/aromatic N) is 3. The van der Waals surface area contributed by atoms with Crippen LogP contribution in [0.2, 0.25) is 0 Å². The summed E-state index contributed by atoms with van der Waals surface area (Å²) < 4.78 is 27.6. The van der Waals surface area contributed by atoms with Crippen molar-refractivity contribution in [3.8, 4) is 11.4 Å². The van der Waals surface area contributed by atoms with E-state index in [1.54, 1.807) is 7.05 Å². The molecule has 0 amide bonds. The molecule has 1 aromatic carbocycles. The molecule has 7 heteroatoms. The fourth-order valence-corrected chi connectivity index (χ4v) is 1.25. The Bertz CT molecular complexity index is 530. The van der Waals surface area contributed by atoms with E-state index in [0.29, 0.717) is 6.07 Å². The zero-order chi connectivity index (χ0) is 11.9. The SMILES string of the molecule is Cn1nc(-c2cc(N)c(F)cc2F)nc1N. The first-order chi connectivity index (χ1) is 7.49. The van der Waals surface area contributed by atoms with Crippen molar-refractivity contribution in [3.05, 3.63) is 23.8 Å². The predicted molar refractivity (Wildman–Crippen MR) is 55.2 cm³/mol. The number of rotatable bonds is 1. The molecule has 2 rings (SSSR count). The van der Waals surface area contributed by atoms with Crippen LogP contribution < -0.4 is 11.5 Å². The lowest BCUT2D eigenvalue weighted by Gasteiger charge is -2.01. The predicted octanol–water partition coefficient (Wildman–Crippen LogP) is 0.925. The molecule has 0 saturated carbocycles. The summed E-state index contributed by atoms with van der Waals surface area (Å²) in [5.74, 6) is -1.39. The number of aryl methyl sites for hydroxylation is 1. The molecule has 1 heterocycles. The van der Waals surface area contributed by atoms with Gasteiger partial charge in [-0.15, -0.1) is 5.10 Å². The van der Waals surface area contributed by atoms with Crippen molar-refractivity contribution in [1.82, 2.24) is 14.8 Å². The van der Waals surface area contributed by atoms with Crippen LogP contribution in [0.3, 0.4) is 0 Å². The van der Waals surface area contributed by atoms with Gasteiger partial charge in [0.05, 0.1) is 11.3 Å². The molecule has 0 aliphatic rings. The number of hydrogen-bond donors (Lipinski definition) is 2. The number of halogens is 2. The van der Waals surface area contributed by atoms with Crippen molar-refractivity contribution in [2.75, 3.05) is 11.5 Å². The summed E-state index contributed by atoms with van der Waals surface area (Å²) in [7, 11) is 1.57. The first-order valence-electron chi connectivity index (χ1n) is 4.40. The Labute approximate surface area is 89.7 Å². The second kappa shape index (κ2) is 3.44. The van der Waals surface area contributed by atoms with Gasteiger partial charge < -0.3 is 11.5 Å². The van der Waals surface area contributed by atoms with Crippen molar-refractivity contribution in [3.63, 3.8) is 0 Å². The molecule has 0 bridgehead atoms. The van der Waals surface area contributed by atoms with E-state index in [1.165, 1.54) is 4.68 Å². The summed E-state index contributed by atoms with van der Waals surface area (Å²) >= 11 is 0. The van der Waals surface area contributed by atoms with E-state index in [4.69, 9.17) is 11.5 Å². The average Bonchev–Trinajstić information content (AvgIpc) is 2.53.